The minimum Gasteiger partial charge on any atom is -0.258 e. The topological polar surface area (TPSA) is 73.3 Å². The highest BCUT2D eigenvalue weighted by molar-refractivity contribution is 5.46. The van der Waals surface area contributed by atoms with Gasteiger partial charge in [-0.2, -0.15) is 5.10 Å². The molecule has 0 amide bonds. The highest BCUT2D eigenvalue weighted by Crippen LogP contribution is 2.17. The molecule has 0 spiro atoms. The van der Waals surface area contributed by atoms with Gasteiger partial charge in [-0.25, -0.2) is 9.50 Å². The lowest BCUT2D eigenvalue weighted by atomic mass is 10.3. The summed E-state index contributed by atoms with van der Waals surface area (Å²) in [6.07, 6.45) is 1.37. The normalized spacial score (nSPS) is 10.5. The van der Waals surface area contributed by atoms with Crippen LogP contribution < -0.4 is 0 Å². The third-order valence-electron chi connectivity index (χ3n) is 1.85. The van der Waals surface area contributed by atoms with Gasteiger partial charge in [0.15, 0.2) is 5.65 Å². The lowest BCUT2D eigenvalue weighted by molar-refractivity contribution is -0.385. The Bertz CT molecular complexity index is 476. The molecular formula is C7H6N4O2. The van der Waals surface area contributed by atoms with Gasteiger partial charge in [0, 0.05) is 6.07 Å². The molecule has 6 heteroatoms. The maximum absolute atomic E-state index is 10.5. The molecule has 66 valence electrons. The van der Waals surface area contributed by atoms with Crippen LogP contribution in [0.25, 0.3) is 5.65 Å². The maximum atomic E-state index is 10.5. The molecule has 0 fully saturated rings. The second-order valence-corrected chi connectivity index (χ2v) is 2.59. The summed E-state index contributed by atoms with van der Waals surface area (Å²) in [4.78, 5) is 14.0. The van der Waals surface area contributed by atoms with Crippen LogP contribution in [0.1, 0.15) is 5.69 Å². The number of aromatic nitrogens is 3. The van der Waals surface area contributed by atoms with Gasteiger partial charge in [0.05, 0.1) is 4.92 Å². The van der Waals surface area contributed by atoms with E-state index in [1.165, 1.54) is 16.9 Å². The average molecular weight is 178 g/mol. The number of hydrogen-bond donors (Lipinski definition) is 0. The molecule has 0 saturated carbocycles. The zero-order chi connectivity index (χ0) is 9.42. The Labute approximate surface area is 73.0 Å². The Balaban J connectivity index is 2.80. The Hall–Kier alpha value is -1.98. The number of nitro groups is 1. The molecule has 2 aromatic rings. The van der Waals surface area contributed by atoms with Gasteiger partial charge in [0.2, 0.25) is 0 Å². The molecule has 0 aliphatic carbocycles. The molecule has 0 aromatic carbocycles. The van der Waals surface area contributed by atoms with Crippen molar-refractivity contribution in [3.8, 4) is 0 Å². The van der Waals surface area contributed by atoms with Crippen LogP contribution in [0.3, 0.4) is 0 Å². The van der Waals surface area contributed by atoms with Gasteiger partial charge in [-0.1, -0.05) is 0 Å². The van der Waals surface area contributed by atoms with Crippen molar-refractivity contribution in [1.29, 1.82) is 0 Å². The number of aryl methyl sites for hydroxylation is 1. The van der Waals surface area contributed by atoms with Crippen molar-refractivity contribution in [1.82, 2.24) is 14.6 Å². The van der Waals surface area contributed by atoms with Gasteiger partial charge >= 0.3 is 0 Å². The molecule has 2 heterocycles. The summed E-state index contributed by atoms with van der Waals surface area (Å²) in [6.45, 7) is 1.64. The van der Waals surface area contributed by atoms with E-state index in [0.717, 1.165) is 0 Å². The average Bonchev–Trinajstić information content (AvgIpc) is 2.52. The Kier molecular flexibility index (Phi) is 1.48. The summed E-state index contributed by atoms with van der Waals surface area (Å²) in [7, 11) is 0. The summed E-state index contributed by atoms with van der Waals surface area (Å²) in [5.41, 5.74) is 1.15. The number of fused-ring (bicyclic) bond motifs is 1. The second-order valence-electron chi connectivity index (χ2n) is 2.59. The molecule has 6 nitrogen and oxygen atoms in total. The maximum Gasteiger partial charge on any atom is 0.290 e. The highest BCUT2D eigenvalue weighted by Gasteiger charge is 2.13. The standard InChI is InChI=1S/C7H6N4O2/c1-5-6(11(12)13)2-3-7-8-4-9-10(5)7/h2-4H,1H3. The minimum absolute atomic E-state index is 0.0537. The predicted octanol–water partition coefficient (Wildman–Crippen LogP) is 0.946. The van der Waals surface area contributed by atoms with Crippen molar-refractivity contribution in [2.24, 2.45) is 0 Å². The number of pyridine rings is 1. The van der Waals surface area contributed by atoms with Gasteiger partial charge in [-0.15, -0.1) is 0 Å². The van der Waals surface area contributed by atoms with Crippen LogP contribution >= 0.6 is 0 Å². The van der Waals surface area contributed by atoms with Crippen molar-refractivity contribution < 1.29 is 4.92 Å². The van der Waals surface area contributed by atoms with E-state index in [1.807, 2.05) is 0 Å². The third kappa shape index (κ3) is 1.03. The van der Waals surface area contributed by atoms with E-state index in [1.54, 1.807) is 13.0 Å². The highest BCUT2D eigenvalue weighted by atomic mass is 16.6. The van der Waals surface area contributed by atoms with Crippen LogP contribution in [0.2, 0.25) is 0 Å². The van der Waals surface area contributed by atoms with E-state index < -0.39 is 4.92 Å². The lowest BCUT2D eigenvalue weighted by Gasteiger charge is -1.98. The SMILES string of the molecule is Cc1c([N+](=O)[O-])ccc2ncnn12. The molecule has 2 rings (SSSR count). The largest absolute Gasteiger partial charge is 0.290 e. The van der Waals surface area contributed by atoms with Gasteiger partial charge < -0.3 is 0 Å². The van der Waals surface area contributed by atoms with Crippen LogP contribution in [0.4, 0.5) is 5.69 Å². The van der Waals surface area contributed by atoms with Gasteiger partial charge in [-0.3, -0.25) is 10.1 Å². The van der Waals surface area contributed by atoms with Crippen molar-refractivity contribution in [3.05, 3.63) is 34.3 Å². The Morgan fingerprint density at radius 2 is 2.31 bits per heavy atom. The molecule has 0 saturated heterocycles. The first-order valence-electron chi connectivity index (χ1n) is 3.64. The van der Waals surface area contributed by atoms with E-state index in [-0.39, 0.29) is 5.69 Å². The zero-order valence-electron chi connectivity index (χ0n) is 6.84. The lowest BCUT2D eigenvalue weighted by Crippen LogP contribution is -1.99. The molecule has 0 bridgehead atoms. The third-order valence-corrected chi connectivity index (χ3v) is 1.85. The van der Waals surface area contributed by atoms with Crippen LogP contribution in [0.15, 0.2) is 18.5 Å². The first-order valence-corrected chi connectivity index (χ1v) is 3.64. The van der Waals surface area contributed by atoms with Crippen LogP contribution in [0.5, 0.6) is 0 Å². The second kappa shape index (κ2) is 2.51. The molecule has 0 aliphatic heterocycles. The summed E-state index contributed by atoms with van der Waals surface area (Å²) < 4.78 is 1.44. The van der Waals surface area contributed by atoms with E-state index in [2.05, 4.69) is 10.1 Å². The summed E-state index contributed by atoms with van der Waals surface area (Å²) >= 11 is 0. The number of nitrogens with zero attached hydrogens (tertiary/aromatic N) is 4. The van der Waals surface area contributed by atoms with Crippen molar-refractivity contribution in [3.63, 3.8) is 0 Å². The molecule has 0 unspecified atom stereocenters. The van der Waals surface area contributed by atoms with Crippen molar-refractivity contribution in [2.75, 3.05) is 0 Å². The van der Waals surface area contributed by atoms with E-state index >= 15 is 0 Å². The molecule has 0 N–H and O–H groups in total. The van der Waals surface area contributed by atoms with Gasteiger partial charge in [-0.05, 0) is 13.0 Å². The van der Waals surface area contributed by atoms with Crippen molar-refractivity contribution >= 4 is 11.3 Å². The summed E-state index contributed by atoms with van der Waals surface area (Å²) in [6, 6.07) is 3.00. The van der Waals surface area contributed by atoms with Crippen molar-refractivity contribution in [2.45, 2.75) is 6.92 Å². The zero-order valence-corrected chi connectivity index (χ0v) is 6.84. The molecule has 2 aromatic heterocycles. The van der Waals surface area contributed by atoms with E-state index in [4.69, 9.17) is 0 Å². The number of hydrogen-bond acceptors (Lipinski definition) is 4. The number of rotatable bonds is 1. The fourth-order valence-electron chi connectivity index (χ4n) is 1.20. The summed E-state index contributed by atoms with van der Waals surface area (Å²) in [5.74, 6) is 0. The van der Waals surface area contributed by atoms with Crippen LogP contribution in [0, 0.1) is 17.0 Å². The predicted molar refractivity (Wildman–Crippen MR) is 44.4 cm³/mol. The first-order chi connectivity index (χ1) is 6.20. The molecule has 0 atom stereocenters. The summed E-state index contributed by atoms with van der Waals surface area (Å²) in [5, 5.41) is 14.4. The monoisotopic (exact) mass is 178 g/mol. The molecule has 0 radical (unpaired) electrons. The molecule has 0 aliphatic rings. The quantitative estimate of drug-likeness (QED) is 0.481. The minimum atomic E-state index is -0.434. The fraction of sp³-hybridized carbons (Fsp3) is 0.143. The van der Waals surface area contributed by atoms with Gasteiger partial charge in [0.1, 0.15) is 12.0 Å². The fourth-order valence-corrected chi connectivity index (χ4v) is 1.20. The smallest absolute Gasteiger partial charge is 0.258 e. The Morgan fingerprint density at radius 3 is 3.00 bits per heavy atom. The molecular weight excluding hydrogens is 172 g/mol. The van der Waals surface area contributed by atoms with E-state index in [9.17, 15) is 10.1 Å². The van der Waals surface area contributed by atoms with E-state index in [0.29, 0.717) is 11.3 Å². The van der Waals surface area contributed by atoms with Gasteiger partial charge in [0.25, 0.3) is 5.69 Å². The molecule has 13 heavy (non-hydrogen) atoms. The Morgan fingerprint density at radius 1 is 1.54 bits per heavy atom. The first kappa shape index (κ1) is 7.66. The van der Waals surface area contributed by atoms with Crippen LogP contribution in [-0.4, -0.2) is 19.5 Å². The van der Waals surface area contributed by atoms with Crippen LogP contribution in [-0.2, 0) is 0 Å².